The molecule has 1 aliphatic rings. The number of alkyl halides is 2. The second-order valence-electron chi connectivity index (χ2n) is 8.94. The van der Waals surface area contributed by atoms with Crippen LogP contribution in [0.25, 0.3) is 33.6 Å². The lowest BCUT2D eigenvalue weighted by atomic mass is 10.0. The van der Waals surface area contributed by atoms with Gasteiger partial charge in [-0.1, -0.05) is 6.07 Å². The van der Waals surface area contributed by atoms with Crippen molar-refractivity contribution in [2.24, 2.45) is 0 Å². The molecule has 0 amide bonds. The van der Waals surface area contributed by atoms with E-state index in [0.29, 0.717) is 11.3 Å². The van der Waals surface area contributed by atoms with Crippen LogP contribution in [0.1, 0.15) is 36.9 Å². The molecule has 0 radical (unpaired) electrons. The van der Waals surface area contributed by atoms with Gasteiger partial charge in [-0.3, -0.25) is 19.1 Å². The number of aromatic nitrogens is 6. The number of nitrogens with zero attached hydrogens (tertiary/aromatic N) is 6. The Hall–Kier alpha value is -4.25. The Balaban J connectivity index is 1.38. The smallest absolute Gasteiger partial charge is 0.329 e. The van der Waals surface area contributed by atoms with Crippen molar-refractivity contribution in [3.63, 3.8) is 0 Å². The normalized spacial score (nSPS) is 14.6. The summed E-state index contributed by atoms with van der Waals surface area (Å²) in [4.78, 5) is 22.3. The third-order valence-electron chi connectivity index (χ3n) is 6.67. The number of nitrogens with one attached hydrogen (secondary N) is 1. The Bertz CT molecular complexity index is 1590. The quantitative estimate of drug-likeness (QED) is 0.370. The third-order valence-corrected chi connectivity index (χ3v) is 6.67. The van der Waals surface area contributed by atoms with E-state index in [4.69, 9.17) is 4.42 Å². The first-order chi connectivity index (χ1) is 18.1. The van der Waals surface area contributed by atoms with Crippen LogP contribution in [-0.2, 0) is 6.54 Å². The fourth-order valence-corrected chi connectivity index (χ4v) is 4.82. The molecule has 5 heterocycles. The zero-order valence-corrected chi connectivity index (χ0v) is 19.7. The van der Waals surface area contributed by atoms with E-state index in [1.807, 2.05) is 28.8 Å². The van der Waals surface area contributed by atoms with E-state index in [0.717, 1.165) is 48.1 Å². The predicted molar refractivity (Wildman–Crippen MR) is 132 cm³/mol. The molecule has 11 heteroatoms. The molecule has 0 bridgehead atoms. The van der Waals surface area contributed by atoms with Crippen LogP contribution in [0.3, 0.4) is 0 Å². The van der Waals surface area contributed by atoms with Crippen molar-refractivity contribution in [2.75, 3.05) is 13.1 Å². The SMILES string of the molecule is O=c1n(Cc2ccc(-c3nnc(C(F)F)o3)cn2)c2ccc(-c3ccncc3)cc2n1C1CCNCC1. The lowest BCUT2D eigenvalue weighted by Crippen LogP contribution is -2.35. The van der Waals surface area contributed by atoms with E-state index in [-0.39, 0.29) is 24.2 Å². The maximum absolute atomic E-state index is 13.8. The molecule has 9 nitrogen and oxygen atoms in total. The molecule has 188 valence electrons. The molecule has 0 spiro atoms. The van der Waals surface area contributed by atoms with Gasteiger partial charge in [0.25, 0.3) is 5.89 Å². The number of piperidine rings is 1. The van der Waals surface area contributed by atoms with E-state index < -0.39 is 12.3 Å². The third kappa shape index (κ3) is 4.42. The van der Waals surface area contributed by atoms with Gasteiger partial charge in [-0.05, 0) is 73.5 Å². The minimum absolute atomic E-state index is 0.0299. The van der Waals surface area contributed by atoms with Gasteiger partial charge in [-0.25, -0.2) is 4.79 Å². The topological polar surface area (TPSA) is 104 Å². The lowest BCUT2D eigenvalue weighted by Gasteiger charge is -2.24. The van der Waals surface area contributed by atoms with Crippen LogP contribution >= 0.6 is 0 Å². The number of hydrogen-bond donors (Lipinski definition) is 1. The molecule has 1 N–H and O–H groups in total. The highest BCUT2D eigenvalue weighted by Crippen LogP contribution is 2.29. The highest BCUT2D eigenvalue weighted by Gasteiger charge is 2.23. The summed E-state index contributed by atoms with van der Waals surface area (Å²) >= 11 is 0. The van der Waals surface area contributed by atoms with Crippen molar-refractivity contribution in [2.45, 2.75) is 31.9 Å². The molecule has 4 aromatic heterocycles. The number of halogens is 2. The summed E-state index contributed by atoms with van der Waals surface area (Å²) in [6.45, 7) is 1.98. The van der Waals surface area contributed by atoms with Crippen LogP contribution in [0.2, 0.25) is 0 Å². The first-order valence-corrected chi connectivity index (χ1v) is 12.0. The number of hydrogen-bond acceptors (Lipinski definition) is 7. The van der Waals surface area contributed by atoms with E-state index in [1.54, 1.807) is 29.1 Å². The van der Waals surface area contributed by atoms with Crippen LogP contribution in [0.15, 0.2) is 70.3 Å². The van der Waals surface area contributed by atoms with Crippen LogP contribution in [0, 0.1) is 0 Å². The molecular weight excluding hydrogens is 480 g/mol. The van der Waals surface area contributed by atoms with Gasteiger partial charge in [0.15, 0.2) is 0 Å². The minimum atomic E-state index is -2.84. The average molecular weight is 504 g/mol. The van der Waals surface area contributed by atoms with Gasteiger partial charge in [-0.15, -0.1) is 10.2 Å². The zero-order valence-electron chi connectivity index (χ0n) is 19.7. The Morgan fingerprint density at radius 3 is 2.46 bits per heavy atom. The highest BCUT2D eigenvalue weighted by atomic mass is 19.3. The molecule has 5 aromatic rings. The molecule has 37 heavy (non-hydrogen) atoms. The Morgan fingerprint density at radius 1 is 0.973 bits per heavy atom. The molecule has 0 aliphatic carbocycles. The summed E-state index contributed by atoms with van der Waals surface area (Å²) < 4.78 is 34.2. The Kier molecular flexibility index (Phi) is 6.05. The first kappa shape index (κ1) is 23.2. The largest absolute Gasteiger partial charge is 0.415 e. The Morgan fingerprint density at radius 2 is 1.76 bits per heavy atom. The minimum Gasteiger partial charge on any atom is -0.415 e. The summed E-state index contributed by atoms with van der Waals surface area (Å²) in [6.07, 6.45) is 3.89. The molecule has 1 saturated heterocycles. The molecule has 1 aliphatic heterocycles. The Labute approximate surface area is 209 Å². The van der Waals surface area contributed by atoms with Crippen LogP contribution in [0.4, 0.5) is 8.78 Å². The average Bonchev–Trinajstić information content (AvgIpc) is 3.54. The van der Waals surface area contributed by atoms with Crippen molar-refractivity contribution >= 4 is 11.0 Å². The molecule has 0 unspecified atom stereocenters. The summed E-state index contributed by atoms with van der Waals surface area (Å²) in [5.41, 5.74) is 4.73. The second-order valence-corrected chi connectivity index (χ2v) is 8.94. The van der Waals surface area contributed by atoms with Gasteiger partial charge in [0.1, 0.15) is 0 Å². The molecule has 1 aromatic carbocycles. The number of imidazole rings is 1. The fraction of sp³-hybridized carbons (Fsp3) is 0.269. The maximum atomic E-state index is 13.8. The van der Waals surface area contributed by atoms with Crippen LogP contribution in [0.5, 0.6) is 0 Å². The van der Waals surface area contributed by atoms with Crippen molar-refractivity contribution in [3.8, 4) is 22.6 Å². The van der Waals surface area contributed by atoms with Gasteiger partial charge in [-0.2, -0.15) is 8.78 Å². The monoisotopic (exact) mass is 503 g/mol. The fourth-order valence-electron chi connectivity index (χ4n) is 4.82. The van der Waals surface area contributed by atoms with Crippen molar-refractivity contribution < 1.29 is 13.2 Å². The van der Waals surface area contributed by atoms with E-state index in [9.17, 15) is 13.6 Å². The van der Waals surface area contributed by atoms with E-state index in [1.165, 1.54) is 6.20 Å². The molecule has 0 atom stereocenters. The molecule has 1 fully saturated rings. The van der Waals surface area contributed by atoms with Gasteiger partial charge in [0, 0.05) is 24.6 Å². The molecular formula is C26H23F2N7O2. The molecule has 6 rings (SSSR count). The predicted octanol–water partition coefficient (Wildman–Crippen LogP) is 4.22. The van der Waals surface area contributed by atoms with Crippen molar-refractivity contribution in [1.29, 1.82) is 0 Å². The van der Waals surface area contributed by atoms with Gasteiger partial charge in [0.2, 0.25) is 5.89 Å². The van der Waals surface area contributed by atoms with E-state index >= 15 is 0 Å². The summed E-state index contributed by atoms with van der Waals surface area (Å²) in [5.74, 6) is -0.764. The number of rotatable bonds is 6. The number of pyridine rings is 2. The number of fused-ring (bicyclic) bond motifs is 1. The number of benzene rings is 1. The van der Waals surface area contributed by atoms with Crippen LogP contribution < -0.4 is 11.0 Å². The first-order valence-electron chi connectivity index (χ1n) is 12.0. The summed E-state index contributed by atoms with van der Waals surface area (Å²) in [6, 6.07) is 13.4. The van der Waals surface area contributed by atoms with Gasteiger partial charge >= 0.3 is 12.1 Å². The summed E-state index contributed by atoms with van der Waals surface area (Å²) in [5, 5.41) is 10.4. The van der Waals surface area contributed by atoms with Gasteiger partial charge in [0.05, 0.1) is 28.8 Å². The standard InChI is InChI=1S/C26H23F2N7O2/c27-23(28)25-33-32-24(37-25)18-1-3-19(31-14-18)15-34-21-4-2-17(16-5-9-29-10-6-16)13-22(21)35(26(34)36)20-7-11-30-12-8-20/h1-6,9-10,13-14,20,23,30H,7-8,11-12,15H2. The second kappa shape index (κ2) is 9.66. The maximum Gasteiger partial charge on any atom is 0.329 e. The van der Waals surface area contributed by atoms with Crippen molar-refractivity contribution in [3.05, 3.63) is 83.1 Å². The van der Waals surface area contributed by atoms with Crippen LogP contribution in [-0.4, -0.2) is 42.4 Å². The zero-order chi connectivity index (χ0) is 25.4. The van der Waals surface area contributed by atoms with Crippen molar-refractivity contribution in [1.82, 2.24) is 34.6 Å². The summed E-state index contributed by atoms with van der Waals surface area (Å²) in [7, 11) is 0. The molecule has 0 saturated carbocycles. The van der Waals surface area contributed by atoms with Gasteiger partial charge < -0.3 is 9.73 Å². The lowest BCUT2D eigenvalue weighted by molar-refractivity contribution is 0.116. The highest BCUT2D eigenvalue weighted by molar-refractivity contribution is 5.83. The van der Waals surface area contributed by atoms with E-state index in [2.05, 4.69) is 31.5 Å².